The summed E-state index contributed by atoms with van der Waals surface area (Å²) in [4.78, 5) is 11.5. The van der Waals surface area contributed by atoms with Gasteiger partial charge in [0.15, 0.2) is 0 Å². The second kappa shape index (κ2) is 4.01. The molecule has 0 aliphatic heterocycles. The summed E-state index contributed by atoms with van der Waals surface area (Å²) in [5.41, 5.74) is 0.646. The summed E-state index contributed by atoms with van der Waals surface area (Å²) < 4.78 is 4.43. The van der Waals surface area contributed by atoms with E-state index >= 15 is 0 Å². The van der Waals surface area contributed by atoms with Gasteiger partial charge in [-0.2, -0.15) is 0 Å². The van der Waals surface area contributed by atoms with Crippen molar-refractivity contribution in [1.29, 1.82) is 0 Å². The van der Waals surface area contributed by atoms with E-state index in [2.05, 4.69) is 22.7 Å². The summed E-state index contributed by atoms with van der Waals surface area (Å²) in [6.07, 6.45) is -0.489. The molecule has 1 amide bonds. The van der Waals surface area contributed by atoms with Gasteiger partial charge in [-0.1, -0.05) is 12.1 Å². The van der Waals surface area contributed by atoms with Crippen molar-refractivity contribution < 1.29 is 9.53 Å². The van der Waals surface area contributed by atoms with Crippen LogP contribution in [-0.4, -0.2) is 13.2 Å². The summed E-state index contributed by atoms with van der Waals surface area (Å²) >= 11 is 4.14. The first-order valence-electron chi connectivity index (χ1n) is 3.37. The molecule has 64 valence electrons. The molecule has 0 heterocycles. The fourth-order valence-electron chi connectivity index (χ4n) is 0.740. The van der Waals surface area contributed by atoms with E-state index in [1.54, 1.807) is 12.1 Å². The van der Waals surface area contributed by atoms with Crippen molar-refractivity contribution >= 4 is 24.4 Å². The van der Waals surface area contributed by atoms with Crippen molar-refractivity contribution in [3.63, 3.8) is 0 Å². The number of anilines is 1. The summed E-state index contributed by atoms with van der Waals surface area (Å²) in [5, 5.41) is 2.52. The Morgan fingerprint density at radius 1 is 1.50 bits per heavy atom. The van der Waals surface area contributed by atoms with Crippen LogP contribution in [-0.2, 0) is 4.74 Å². The van der Waals surface area contributed by atoms with Gasteiger partial charge in [0.05, 0.1) is 12.8 Å². The Bertz CT molecular complexity index is 288. The molecule has 12 heavy (non-hydrogen) atoms. The smallest absolute Gasteiger partial charge is 0.411 e. The number of rotatable bonds is 1. The second-order valence-electron chi connectivity index (χ2n) is 2.13. The molecule has 0 saturated carbocycles. The van der Waals surface area contributed by atoms with Crippen molar-refractivity contribution in [3.05, 3.63) is 24.3 Å². The van der Waals surface area contributed by atoms with E-state index in [9.17, 15) is 4.79 Å². The van der Waals surface area contributed by atoms with Crippen LogP contribution in [0.15, 0.2) is 29.2 Å². The number of methoxy groups -OCH3 is 1. The Labute approximate surface area is 76.1 Å². The average molecular weight is 183 g/mol. The van der Waals surface area contributed by atoms with Crippen LogP contribution in [0.25, 0.3) is 0 Å². The lowest BCUT2D eigenvalue weighted by molar-refractivity contribution is 0.187. The quantitative estimate of drug-likeness (QED) is 0.655. The number of ether oxygens (including phenoxy) is 1. The number of carbonyl (C=O) groups is 1. The molecule has 0 aliphatic rings. The van der Waals surface area contributed by atoms with E-state index < -0.39 is 6.09 Å². The number of thiol groups is 1. The molecule has 0 radical (unpaired) electrons. The Kier molecular flexibility index (Phi) is 2.99. The summed E-state index contributed by atoms with van der Waals surface area (Å²) in [5.74, 6) is 0. The molecule has 3 nitrogen and oxygen atoms in total. The lowest BCUT2D eigenvalue weighted by Gasteiger charge is -2.04. The first-order valence-corrected chi connectivity index (χ1v) is 3.81. The zero-order chi connectivity index (χ0) is 8.97. The van der Waals surface area contributed by atoms with Gasteiger partial charge in [0.1, 0.15) is 0 Å². The van der Waals surface area contributed by atoms with E-state index in [0.717, 1.165) is 0 Å². The fourth-order valence-corrected chi connectivity index (χ4v) is 0.957. The Hall–Kier alpha value is -1.16. The summed E-state index contributed by atoms with van der Waals surface area (Å²) in [6, 6.07) is 7.18. The fraction of sp³-hybridized carbons (Fsp3) is 0.125. The first-order chi connectivity index (χ1) is 5.74. The Morgan fingerprint density at radius 3 is 2.75 bits per heavy atom. The van der Waals surface area contributed by atoms with Crippen LogP contribution in [0.2, 0.25) is 0 Å². The van der Waals surface area contributed by atoms with Gasteiger partial charge >= 0.3 is 6.09 Å². The molecule has 0 aliphatic carbocycles. The lowest BCUT2D eigenvalue weighted by atomic mass is 10.3. The zero-order valence-corrected chi connectivity index (χ0v) is 7.47. The van der Waals surface area contributed by atoms with E-state index in [1.165, 1.54) is 7.11 Å². The van der Waals surface area contributed by atoms with Crippen LogP contribution in [0.3, 0.4) is 0 Å². The van der Waals surface area contributed by atoms with E-state index in [4.69, 9.17) is 0 Å². The molecule has 0 atom stereocenters. The van der Waals surface area contributed by atoms with Crippen molar-refractivity contribution in [2.75, 3.05) is 12.4 Å². The molecule has 4 heteroatoms. The third-order valence-electron chi connectivity index (χ3n) is 1.33. The van der Waals surface area contributed by atoms with Crippen LogP contribution in [0.1, 0.15) is 0 Å². The molecular weight excluding hydrogens is 174 g/mol. The van der Waals surface area contributed by atoms with Gasteiger partial charge in [0.25, 0.3) is 0 Å². The second-order valence-corrected chi connectivity index (χ2v) is 2.62. The van der Waals surface area contributed by atoms with Crippen LogP contribution in [0, 0.1) is 0 Å². The van der Waals surface area contributed by atoms with E-state index in [-0.39, 0.29) is 0 Å². The molecule has 0 unspecified atom stereocenters. The standard InChI is InChI=1S/C8H9NO2S/c1-11-8(10)9-6-4-2-3-5-7(6)12/h2-5,12H,1H3,(H,9,10). The van der Waals surface area contributed by atoms with Gasteiger partial charge in [0, 0.05) is 4.90 Å². The Morgan fingerprint density at radius 2 is 2.17 bits per heavy atom. The minimum Gasteiger partial charge on any atom is -0.453 e. The molecule has 1 aromatic rings. The molecule has 0 bridgehead atoms. The molecule has 0 spiro atoms. The Balaban J connectivity index is 2.75. The van der Waals surface area contributed by atoms with Gasteiger partial charge in [-0.05, 0) is 12.1 Å². The number of carbonyl (C=O) groups excluding carboxylic acids is 1. The number of amides is 1. The molecular formula is C8H9NO2S. The van der Waals surface area contributed by atoms with Gasteiger partial charge < -0.3 is 4.74 Å². The molecule has 0 aromatic heterocycles. The van der Waals surface area contributed by atoms with Crippen LogP contribution < -0.4 is 5.32 Å². The number of para-hydroxylation sites is 1. The maximum absolute atomic E-state index is 10.8. The predicted molar refractivity (Wildman–Crippen MR) is 49.7 cm³/mol. The monoisotopic (exact) mass is 183 g/mol. The largest absolute Gasteiger partial charge is 0.453 e. The minimum absolute atomic E-state index is 0.489. The van der Waals surface area contributed by atoms with Crippen molar-refractivity contribution in [2.45, 2.75) is 4.90 Å². The number of hydrogen-bond acceptors (Lipinski definition) is 3. The normalized spacial score (nSPS) is 9.17. The third-order valence-corrected chi connectivity index (χ3v) is 1.72. The highest BCUT2D eigenvalue weighted by Crippen LogP contribution is 2.18. The number of hydrogen-bond donors (Lipinski definition) is 2. The number of nitrogens with one attached hydrogen (secondary N) is 1. The van der Waals surface area contributed by atoms with Crippen LogP contribution in [0.5, 0.6) is 0 Å². The maximum Gasteiger partial charge on any atom is 0.411 e. The van der Waals surface area contributed by atoms with Crippen LogP contribution in [0.4, 0.5) is 10.5 Å². The predicted octanol–water partition coefficient (Wildman–Crippen LogP) is 2.15. The molecule has 1 N–H and O–H groups in total. The van der Waals surface area contributed by atoms with Crippen molar-refractivity contribution in [1.82, 2.24) is 0 Å². The molecule has 1 rings (SSSR count). The summed E-state index contributed by atoms with van der Waals surface area (Å²) in [6.45, 7) is 0. The van der Waals surface area contributed by atoms with Crippen molar-refractivity contribution in [2.24, 2.45) is 0 Å². The highest BCUT2D eigenvalue weighted by molar-refractivity contribution is 7.80. The summed E-state index contributed by atoms with van der Waals surface area (Å²) in [7, 11) is 1.32. The third kappa shape index (κ3) is 2.17. The SMILES string of the molecule is COC(=O)Nc1ccccc1S. The maximum atomic E-state index is 10.8. The average Bonchev–Trinajstić information content (AvgIpc) is 2.09. The molecule has 0 saturated heterocycles. The van der Waals surface area contributed by atoms with Gasteiger partial charge in [-0.3, -0.25) is 5.32 Å². The minimum atomic E-state index is -0.489. The van der Waals surface area contributed by atoms with Crippen molar-refractivity contribution in [3.8, 4) is 0 Å². The molecule has 0 fully saturated rings. The number of benzene rings is 1. The van der Waals surface area contributed by atoms with Gasteiger partial charge in [-0.15, -0.1) is 12.6 Å². The highest BCUT2D eigenvalue weighted by atomic mass is 32.1. The van der Waals surface area contributed by atoms with E-state index in [1.807, 2.05) is 12.1 Å². The van der Waals surface area contributed by atoms with Gasteiger partial charge in [-0.25, -0.2) is 4.79 Å². The topological polar surface area (TPSA) is 38.3 Å². The first kappa shape index (κ1) is 8.93. The lowest BCUT2D eigenvalue weighted by Crippen LogP contribution is -2.11. The zero-order valence-electron chi connectivity index (χ0n) is 6.57. The molecule has 1 aromatic carbocycles. The van der Waals surface area contributed by atoms with E-state index in [0.29, 0.717) is 10.6 Å². The van der Waals surface area contributed by atoms with Crippen LogP contribution >= 0.6 is 12.6 Å². The van der Waals surface area contributed by atoms with Gasteiger partial charge in [0.2, 0.25) is 0 Å². The highest BCUT2D eigenvalue weighted by Gasteiger charge is 2.01.